The third kappa shape index (κ3) is 1.61. The van der Waals surface area contributed by atoms with E-state index in [1.165, 1.54) is 19.1 Å². The molecule has 1 N–H and O–H groups in total. The van der Waals surface area contributed by atoms with Gasteiger partial charge in [-0.2, -0.15) is 0 Å². The highest BCUT2D eigenvalue weighted by molar-refractivity contribution is 5.26. The second kappa shape index (κ2) is 3.63. The van der Waals surface area contributed by atoms with Gasteiger partial charge in [-0.15, -0.1) is 0 Å². The number of halogens is 2. The average Bonchev–Trinajstić information content (AvgIpc) is 2.07. The Kier molecular flexibility index (Phi) is 2.76. The van der Waals surface area contributed by atoms with E-state index in [2.05, 4.69) is 0 Å². The molecule has 1 nitrogen and oxygen atoms in total. The highest BCUT2D eigenvalue weighted by atomic mass is 19.1. The van der Waals surface area contributed by atoms with Crippen molar-refractivity contribution in [1.82, 2.24) is 0 Å². The maximum atomic E-state index is 13.1. The Bertz CT molecular complexity index is 284. The lowest BCUT2D eigenvalue weighted by atomic mass is 10.1. The highest BCUT2D eigenvalue weighted by Crippen LogP contribution is 2.15. The molecule has 0 atom stereocenters. The van der Waals surface area contributed by atoms with E-state index in [0.717, 1.165) is 0 Å². The van der Waals surface area contributed by atoms with Gasteiger partial charge in [-0.3, -0.25) is 0 Å². The molecule has 0 aliphatic heterocycles. The zero-order chi connectivity index (χ0) is 9.14. The molecule has 0 heterocycles. The van der Waals surface area contributed by atoms with E-state index >= 15 is 0 Å². The zero-order valence-electron chi connectivity index (χ0n) is 6.77. The summed E-state index contributed by atoms with van der Waals surface area (Å²) in [6.07, 6.45) is 0.229. The van der Waals surface area contributed by atoms with Crippen LogP contribution >= 0.6 is 0 Å². The molecule has 0 aliphatic carbocycles. The maximum absolute atomic E-state index is 13.1. The van der Waals surface area contributed by atoms with E-state index in [1.807, 2.05) is 0 Å². The molecule has 12 heavy (non-hydrogen) atoms. The minimum atomic E-state index is -0.552. The molecule has 0 aromatic heterocycles. The first-order chi connectivity index (χ1) is 5.66. The first kappa shape index (κ1) is 9.13. The Hall–Kier alpha value is -0.960. The summed E-state index contributed by atoms with van der Waals surface area (Å²) in [5, 5.41) is 8.54. The maximum Gasteiger partial charge on any atom is 0.132 e. The first-order valence-electron chi connectivity index (χ1n) is 3.71. The predicted octanol–water partition coefficient (Wildman–Crippen LogP) is 1.81. The van der Waals surface area contributed by atoms with Crippen molar-refractivity contribution in [2.24, 2.45) is 0 Å². The van der Waals surface area contributed by atoms with Gasteiger partial charge in [0.05, 0.1) is 0 Å². The van der Waals surface area contributed by atoms with E-state index in [-0.39, 0.29) is 18.6 Å². The second-order valence-corrected chi connectivity index (χ2v) is 2.62. The van der Waals surface area contributed by atoms with E-state index < -0.39 is 11.6 Å². The third-order valence-corrected chi connectivity index (χ3v) is 1.78. The molecule has 0 spiro atoms. The molecule has 0 saturated carbocycles. The number of rotatable bonds is 2. The van der Waals surface area contributed by atoms with Gasteiger partial charge in [0.2, 0.25) is 0 Å². The average molecular weight is 172 g/mol. The molecule has 0 bridgehead atoms. The van der Waals surface area contributed by atoms with Crippen molar-refractivity contribution in [3.63, 3.8) is 0 Å². The number of benzene rings is 1. The van der Waals surface area contributed by atoms with Crippen LogP contribution in [-0.4, -0.2) is 11.7 Å². The van der Waals surface area contributed by atoms with Crippen molar-refractivity contribution in [3.8, 4) is 0 Å². The monoisotopic (exact) mass is 172 g/mol. The van der Waals surface area contributed by atoms with E-state index in [9.17, 15) is 8.78 Å². The number of aliphatic hydroxyl groups excluding tert-OH is 1. The Morgan fingerprint density at radius 3 is 2.58 bits per heavy atom. The molecule has 0 radical (unpaired) electrons. The van der Waals surface area contributed by atoms with Crippen LogP contribution in [0.5, 0.6) is 0 Å². The number of aliphatic hydroxyl groups is 1. The van der Waals surface area contributed by atoms with Crippen molar-refractivity contribution in [3.05, 3.63) is 34.9 Å². The fourth-order valence-electron chi connectivity index (χ4n) is 1.03. The lowest BCUT2D eigenvalue weighted by molar-refractivity contribution is 0.297. The van der Waals surface area contributed by atoms with Crippen LogP contribution in [0.1, 0.15) is 11.1 Å². The summed E-state index contributed by atoms with van der Waals surface area (Å²) < 4.78 is 25.8. The van der Waals surface area contributed by atoms with Crippen molar-refractivity contribution < 1.29 is 13.9 Å². The quantitative estimate of drug-likeness (QED) is 0.721. The molecule has 1 rings (SSSR count). The smallest absolute Gasteiger partial charge is 0.132 e. The fourth-order valence-corrected chi connectivity index (χ4v) is 1.03. The standard InChI is InChI=1S/C9H10F2O/c1-6-8(10)3-2-7(4-5-12)9(6)11/h2-3,12H,4-5H2,1H3. The Balaban J connectivity index is 3.08. The molecule has 0 aliphatic rings. The summed E-state index contributed by atoms with van der Waals surface area (Å²) in [5.74, 6) is -1.10. The van der Waals surface area contributed by atoms with Crippen LogP contribution in [0.25, 0.3) is 0 Å². The largest absolute Gasteiger partial charge is 0.396 e. The third-order valence-electron chi connectivity index (χ3n) is 1.78. The minimum Gasteiger partial charge on any atom is -0.396 e. The first-order valence-corrected chi connectivity index (χ1v) is 3.71. The molecule has 66 valence electrons. The minimum absolute atomic E-state index is 0.0148. The summed E-state index contributed by atoms with van der Waals surface area (Å²) in [7, 11) is 0. The van der Waals surface area contributed by atoms with Crippen molar-refractivity contribution in [2.75, 3.05) is 6.61 Å². The van der Waals surface area contributed by atoms with E-state index in [0.29, 0.717) is 5.56 Å². The summed E-state index contributed by atoms with van der Waals surface area (Å²) in [6.45, 7) is 1.26. The highest BCUT2D eigenvalue weighted by Gasteiger charge is 2.08. The van der Waals surface area contributed by atoms with Gasteiger partial charge in [0, 0.05) is 12.2 Å². The number of hydrogen-bond donors (Lipinski definition) is 1. The van der Waals surface area contributed by atoms with E-state index in [1.54, 1.807) is 0 Å². The van der Waals surface area contributed by atoms with Gasteiger partial charge in [0.25, 0.3) is 0 Å². The molecule has 3 heteroatoms. The van der Waals surface area contributed by atoms with Gasteiger partial charge in [-0.1, -0.05) is 6.07 Å². The van der Waals surface area contributed by atoms with Crippen molar-refractivity contribution in [1.29, 1.82) is 0 Å². The van der Waals surface area contributed by atoms with Crippen LogP contribution in [0.4, 0.5) is 8.78 Å². The molecule has 1 aromatic rings. The lowest BCUT2D eigenvalue weighted by Gasteiger charge is -2.03. The van der Waals surface area contributed by atoms with Crippen LogP contribution in [0.2, 0.25) is 0 Å². The summed E-state index contributed by atoms with van der Waals surface area (Å²) >= 11 is 0. The van der Waals surface area contributed by atoms with Crippen molar-refractivity contribution in [2.45, 2.75) is 13.3 Å². The van der Waals surface area contributed by atoms with Crippen LogP contribution in [-0.2, 0) is 6.42 Å². The van der Waals surface area contributed by atoms with Gasteiger partial charge < -0.3 is 5.11 Å². The van der Waals surface area contributed by atoms with Crippen molar-refractivity contribution >= 4 is 0 Å². The second-order valence-electron chi connectivity index (χ2n) is 2.62. The zero-order valence-corrected chi connectivity index (χ0v) is 6.77. The topological polar surface area (TPSA) is 20.2 Å². The van der Waals surface area contributed by atoms with Crippen LogP contribution < -0.4 is 0 Å². The van der Waals surface area contributed by atoms with Crippen LogP contribution in [0.15, 0.2) is 12.1 Å². The number of hydrogen-bond acceptors (Lipinski definition) is 1. The molecule has 0 unspecified atom stereocenters. The molecular weight excluding hydrogens is 162 g/mol. The summed E-state index contributed by atoms with van der Waals surface area (Å²) in [5.41, 5.74) is 0.373. The van der Waals surface area contributed by atoms with Crippen LogP contribution in [0, 0.1) is 18.6 Å². The Morgan fingerprint density at radius 2 is 2.00 bits per heavy atom. The summed E-state index contributed by atoms with van der Waals surface area (Å²) in [4.78, 5) is 0. The SMILES string of the molecule is Cc1c(F)ccc(CCO)c1F. The van der Waals surface area contributed by atoms with Crippen LogP contribution in [0.3, 0.4) is 0 Å². The summed E-state index contributed by atoms with van der Waals surface area (Å²) in [6, 6.07) is 2.57. The Morgan fingerprint density at radius 1 is 1.33 bits per heavy atom. The molecule has 1 aromatic carbocycles. The molecular formula is C9H10F2O. The van der Waals surface area contributed by atoms with Gasteiger partial charge in [0.1, 0.15) is 11.6 Å². The molecule has 0 fully saturated rings. The predicted molar refractivity (Wildman–Crippen MR) is 41.9 cm³/mol. The fraction of sp³-hybridized carbons (Fsp3) is 0.333. The normalized spacial score (nSPS) is 10.3. The van der Waals surface area contributed by atoms with E-state index in [4.69, 9.17) is 5.11 Å². The molecule has 0 saturated heterocycles. The van der Waals surface area contributed by atoms with Gasteiger partial charge in [0.15, 0.2) is 0 Å². The van der Waals surface area contributed by atoms with Gasteiger partial charge in [-0.05, 0) is 25.0 Å². The lowest BCUT2D eigenvalue weighted by Crippen LogP contribution is -1.98. The Labute approximate surface area is 69.7 Å². The molecule has 0 amide bonds. The van der Waals surface area contributed by atoms with Gasteiger partial charge >= 0.3 is 0 Å². The van der Waals surface area contributed by atoms with Gasteiger partial charge in [-0.25, -0.2) is 8.78 Å².